The highest BCUT2D eigenvalue weighted by molar-refractivity contribution is 7.87. The Balaban J connectivity index is 4.18. The second-order valence-corrected chi connectivity index (χ2v) is 5.11. The Morgan fingerprint density at radius 3 is 2.41 bits per heavy atom. The van der Waals surface area contributed by atoms with Gasteiger partial charge in [-0.05, 0) is 6.92 Å². The molecule has 9 heteroatoms. The van der Waals surface area contributed by atoms with E-state index in [-0.39, 0.29) is 19.5 Å². The molecule has 0 aliphatic heterocycles. The molecule has 0 heterocycles. The molecule has 0 spiro atoms. The molecule has 0 fully saturated rings. The second-order valence-electron chi connectivity index (χ2n) is 3.24. The third-order valence-corrected chi connectivity index (χ3v) is 3.35. The molecule has 0 radical (unpaired) electrons. The number of amides is 1. The van der Waals surface area contributed by atoms with E-state index in [2.05, 4.69) is 10.0 Å². The largest absolute Gasteiger partial charge is 0.481 e. The maximum Gasteiger partial charge on any atom is 0.304 e. The van der Waals surface area contributed by atoms with E-state index in [0.717, 1.165) is 4.31 Å². The van der Waals surface area contributed by atoms with Gasteiger partial charge in [-0.25, -0.2) is 0 Å². The molecule has 0 aliphatic rings. The second kappa shape index (κ2) is 7.20. The minimum absolute atomic E-state index is 0.153. The molecular weight excluding hydrogens is 250 g/mol. The van der Waals surface area contributed by atoms with Gasteiger partial charge in [0.1, 0.15) is 0 Å². The fraction of sp³-hybridized carbons (Fsp3) is 0.750. The lowest BCUT2D eigenvalue weighted by Crippen LogP contribution is -2.43. The van der Waals surface area contributed by atoms with Crippen LogP contribution >= 0.6 is 0 Å². The third-order valence-electron chi connectivity index (χ3n) is 1.84. The molecule has 0 saturated heterocycles. The van der Waals surface area contributed by atoms with E-state index in [9.17, 15) is 18.0 Å². The summed E-state index contributed by atoms with van der Waals surface area (Å²) in [6.45, 7) is 1.61. The van der Waals surface area contributed by atoms with E-state index in [4.69, 9.17) is 5.11 Å². The summed E-state index contributed by atoms with van der Waals surface area (Å²) in [5.74, 6) is -1.53. The van der Waals surface area contributed by atoms with E-state index in [1.165, 1.54) is 7.05 Å². The number of carboxylic acid groups (broad SMARTS) is 1. The minimum atomic E-state index is -3.81. The fourth-order valence-electron chi connectivity index (χ4n) is 0.900. The van der Waals surface area contributed by atoms with Gasteiger partial charge in [0, 0.05) is 20.1 Å². The van der Waals surface area contributed by atoms with Crippen LogP contribution in [0.15, 0.2) is 0 Å². The van der Waals surface area contributed by atoms with Crippen LogP contribution in [0.1, 0.15) is 13.3 Å². The zero-order chi connectivity index (χ0) is 13.5. The van der Waals surface area contributed by atoms with Gasteiger partial charge >= 0.3 is 5.97 Å². The van der Waals surface area contributed by atoms with E-state index in [1.807, 2.05) is 0 Å². The molecule has 3 N–H and O–H groups in total. The van der Waals surface area contributed by atoms with E-state index < -0.39 is 22.1 Å². The van der Waals surface area contributed by atoms with Gasteiger partial charge in [-0.3, -0.25) is 9.59 Å². The lowest BCUT2D eigenvalue weighted by molar-refractivity contribution is -0.137. The first-order valence-corrected chi connectivity index (χ1v) is 6.43. The van der Waals surface area contributed by atoms with E-state index in [1.54, 1.807) is 6.92 Å². The maximum atomic E-state index is 11.5. The molecule has 1 amide bonds. The molecule has 0 saturated carbocycles. The standard InChI is InChI=1S/C8H17N3O5S/c1-3-9-7(12)6-10-17(15,16)11(2)5-4-8(13)14/h10H,3-6H2,1-2H3,(H,9,12)(H,13,14). The van der Waals surface area contributed by atoms with Crippen LogP contribution in [0.2, 0.25) is 0 Å². The lowest BCUT2D eigenvalue weighted by atomic mass is 10.4. The predicted molar refractivity (Wildman–Crippen MR) is 60.5 cm³/mol. The maximum absolute atomic E-state index is 11.5. The third kappa shape index (κ3) is 6.87. The van der Waals surface area contributed by atoms with Gasteiger partial charge in [-0.2, -0.15) is 17.4 Å². The van der Waals surface area contributed by atoms with Crippen molar-refractivity contribution >= 4 is 22.1 Å². The Kier molecular flexibility index (Phi) is 6.69. The number of hydrogen-bond donors (Lipinski definition) is 3. The molecule has 0 atom stereocenters. The van der Waals surface area contributed by atoms with Crippen molar-refractivity contribution in [3.8, 4) is 0 Å². The Hall–Kier alpha value is -1.19. The summed E-state index contributed by atoms with van der Waals surface area (Å²) >= 11 is 0. The summed E-state index contributed by atoms with van der Waals surface area (Å²) in [6, 6.07) is 0. The molecule has 0 unspecified atom stereocenters. The van der Waals surface area contributed by atoms with Crippen LogP contribution in [0, 0.1) is 0 Å². The Labute approximate surface area is 100 Å². The molecule has 8 nitrogen and oxygen atoms in total. The Morgan fingerprint density at radius 1 is 1.35 bits per heavy atom. The van der Waals surface area contributed by atoms with Gasteiger partial charge in [0.05, 0.1) is 13.0 Å². The van der Waals surface area contributed by atoms with Crippen LogP contribution in [0.25, 0.3) is 0 Å². The Bertz CT molecular complexity index is 367. The summed E-state index contributed by atoms with van der Waals surface area (Å²) in [5.41, 5.74) is 0. The molecule has 0 bridgehead atoms. The lowest BCUT2D eigenvalue weighted by Gasteiger charge is -2.16. The van der Waals surface area contributed by atoms with Gasteiger partial charge in [0.25, 0.3) is 10.2 Å². The van der Waals surface area contributed by atoms with Crippen molar-refractivity contribution in [2.24, 2.45) is 0 Å². The minimum Gasteiger partial charge on any atom is -0.481 e. The van der Waals surface area contributed by atoms with Gasteiger partial charge < -0.3 is 10.4 Å². The number of nitrogens with zero attached hydrogens (tertiary/aromatic N) is 1. The zero-order valence-electron chi connectivity index (χ0n) is 9.76. The smallest absolute Gasteiger partial charge is 0.304 e. The van der Waals surface area contributed by atoms with Crippen molar-refractivity contribution in [3.63, 3.8) is 0 Å². The van der Waals surface area contributed by atoms with Crippen molar-refractivity contribution in [1.29, 1.82) is 0 Å². The van der Waals surface area contributed by atoms with Gasteiger partial charge in [0.15, 0.2) is 0 Å². The zero-order valence-corrected chi connectivity index (χ0v) is 10.6. The van der Waals surface area contributed by atoms with Crippen molar-refractivity contribution in [2.75, 3.05) is 26.7 Å². The molecule has 0 aromatic carbocycles. The average molecular weight is 267 g/mol. The van der Waals surface area contributed by atoms with E-state index in [0.29, 0.717) is 6.54 Å². The molecule has 0 aromatic heterocycles. The number of hydrogen-bond acceptors (Lipinski definition) is 4. The monoisotopic (exact) mass is 267 g/mol. The number of aliphatic carboxylic acids is 1. The van der Waals surface area contributed by atoms with Crippen LogP contribution in [-0.4, -0.2) is 56.4 Å². The van der Waals surface area contributed by atoms with Gasteiger partial charge in [-0.1, -0.05) is 0 Å². The fourth-order valence-corrected chi connectivity index (χ4v) is 1.77. The Morgan fingerprint density at radius 2 is 1.94 bits per heavy atom. The van der Waals surface area contributed by atoms with Crippen LogP contribution in [0.4, 0.5) is 0 Å². The normalized spacial score (nSPS) is 11.5. The number of carboxylic acids is 1. The summed E-state index contributed by atoms with van der Waals surface area (Å²) in [7, 11) is -2.57. The summed E-state index contributed by atoms with van der Waals surface area (Å²) in [5, 5.41) is 10.8. The van der Waals surface area contributed by atoms with Crippen LogP contribution < -0.4 is 10.0 Å². The number of likely N-dealkylation sites (N-methyl/N-ethyl adjacent to an activating group) is 1. The highest BCUT2D eigenvalue weighted by atomic mass is 32.2. The number of rotatable bonds is 8. The van der Waals surface area contributed by atoms with E-state index >= 15 is 0 Å². The first kappa shape index (κ1) is 15.8. The van der Waals surface area contributed by atoms with Crippen LogP contribution in [-0.2, 0) is 19.8 Å². The highest BCUT2D eigenvalue weighted by Gasteiger charge is 2.18. The molecular formula is C8H17N3O5S. The molecule has 17 heavy (non-hydrogen) atoms. The number of nitrogens with one attached hydrogen (secondary N) is 2. The van der Waals surface area contributed by atoms with Crippen LogP contribution in [0.5, 0.6) is 0 Å². The highest BCUT2D eigenvalue weighted by Crippen LogP contribution is 1.95. The topological polar surface area (TPSA) is 116 Å². The quantitative estimate of drug-likeness (QED) is 0.488. The first-order valence-electron chi connectivity index (χ1n) is 4.99. The first-order chi connectivity index (χ1) is 7.79. The summed E-state index contributed by atoms with van der Waals surface area (Å²) in [6.07, 6.45) is -0.293. The predicted octanol–water partition coefficient (Wildman–Crippen LogP) is -1.64. The van der Waals surface area contributed by atoms with Crippen molar-refractivity contribution in [3.05, 3.63) is 0 Å². The van der Waals surface area contributed by atoms with Crippen molar-refractivity contribution in [2.45, 2.75) is 13.3 Å². The summed E-state index contributed by atoms with van der Waals surface area (Å²) < 4.78 is 25.9. The molecule has 0 aromatic rings. The van der Waals surface area contributed by atoms with Gasteiger partial charge in [0.2, 0.25) is 5.91 Å². The molecule has 0 rings (SSSR count). The van der Waals surface area contributed by atoms with Crippen molar-refractivity contribution in [1.82, 2.24) is 14.3 Å². The average Bonchev–Trinajstić information content (AvgIpc) is 2.23. The van der Waals surface area contributed by atoms with Gasteiger partial charge in [-0.15, -0.1) is 0 Å². The molecule has 100 valence electrons. The molecule has 0 aliphatic carbocycles. The summed E-state index contributed by atoms with van der Waals surface area (Å²) in [4.78, 5) is 21.3. The number of carbonyl (C=O) groups is 2. The number of carbonyl (C=O) groups excluding carboxylic acids is 1. The van der Waals surface area contributed by atoms with Crippen molar-refractivity contribution < 1.29 is 23.1 Å². The SMILES string of the molecule is CCNC(=O)CNS(=O)(=O)N(C)CCC(=O)O. The van der Waals surface area contributed by atoms with Crippen LogP contribution in [0.3, 0.4) is 0 Å².